The molecule has 0 aromatic rings. The number of hydrogen-bond acceptors (Lipinski definition) is 13. The van der Waals surface area contributed by atoms with Crippen molar-refractivity contribution < 1.29 is 64.6 Å². The molecule has 0 aromatic carbocycles. The average molecular weight is 1480 g/mol. The van der Waals surface area contributed by atoms with E-state index in [4.69, 9.17) is 18.9 Å². The number of carbonyl (C=O) groups excluding carboxylic acids is 1. The molecular weight excluding hydrogens is 1310 g/mol. The molecule has 0 bridgehead atoms. The lowest BCUT2D eigenvalue weighted by atomic mass is 9.97. The normalized spacial score (nSPS) is 21.8. The molecule has 0 aromatic heterocycles. The summed E-state index contributed by atoms with van der Waals surface area (Å²) in [4.78, 5) is 13.4. The van der Waals surface area contributed by atoms with Gasteiger partial charge in [-0.1, -0.05) is 401 Å². The van der Waals surface area contributed by atoms with Gasteiger partial charge in [0.2, 0.25) is 5.91 Å². The number of carbonyl (C=O) groups is 1. The van der Waals surface area contributed by atoms with Crippen molar-refractivity contribution in [3.63, 3.8) is 0 Å². The van der Waals surface area contributed by atoms with Crippen molar-refractivity contribution in [3.8, 4) is 0 Å². The van der Waals surface area contributed by atoms with Crippen LogP contribution in [0.5, 0.6) is 0 Å². The van der Waals surface area contributed by atoms with Crippen LogP contribution in [-0.4, -0.2) is 140 Å². The van der Waals surface area contributed by atoms with Crippen LogP contribution in [0.3, 0.4) is 0 Å². The minimum absolute atomic E-state index is 0.233. The van der Waals surface area contributed by atoms with Crippen LogP contribution in [0.1, 0.15) is 393 Å². The molecule has 612 valence electrons. The molecule has 105 heavy (non-hydrogen) atoms. The maximum atomic E-state index is 13.4. The number of amides is 1. The zero-order valence-corrected chi connectivity index (χ0v) is 67.5. The zero-order valence-electron chi connectivity index (χ0n) is 67.5. The Kier molecular flexibility index (Phi) is 69.2. The zero-order chi connectivity index (χ0) is 75.8. The molecule has 2 aliphatic rings. The largest absolute Gasteiger partial charge is 0.394 e. The summed E-state index contributed by atoms with van der Waals surface area (Å²) in [6.45, 7) is 2.75. The topological polar surface area (TPSA) is 228 Å². The molecule has 12 unspecified atom stereocenters. The van der Waals surface area contributed by atoms with Crippen LogP contribution in [-0.2, 0) is 23.7 Å². The average Bonchev–Trinajstić information content (AvgIpc) is 0.789. The fraction of sp³-hybridized carbons (Fsp3) is 0.835. The summed E-state index contributed by atoms with van der Waals surface area (Å²) in [6, 6.07) is -0.919. The van der Waals surface area contributed by atoms with Crippen LogP contribution in [0, 0.1) is 0 Å². The van der Waals surface area contributed by atoms with E-state index in [1.54, 1.807) is 6.08 Å². The van der Waals surface area contributed by atoms with Gasteiger partial charge in [0.1, 0.15) is 48.8 Å². The summed E-state index contributed by atoms with van der Waals surface area (Å²) in [6.07, 6.45) is 88.3. The van der Waals surface area contributed by atoms with E-state index < -0.39 is 86.8 Å². The van der Waals surface area contributed by atoms with E-state index in [9.17, 15) is 45.6 Å². The Morgan fingerprint density at radius 3 is 1.01 bits per heavy atom. The highest BCUT2D eigenvalue weighted by Gasteiger charge is 2.51. The first-order chi connectivity index (χ1) is 51.6. The van der Waals surface area contributed by atoms with Crippen molar-refractivity contribution in [2.24, 2.45) is 0 Å². The molecule has 0 radical (unpaired) electrons. The van der Waals surface area contributed by atoms with Gasteiger partial charge < -0.3 is 65.1 Å². The van der Waals surface area contributed by atoms with E-state index in [0.29, 0.717) is 6.42 Å². The lowest BCUT2D eigenvalue weighted by molar-refractivity contribution is -0.359. The van der Waals surface area contributed by atoms with Gasteiger partial charge >= 0.3 is 0 Å². The molecule has 2 aliphatic heterocycles. The molecule has 12 atom stereocenters. The van der Waals surface area contributed by atoms with Crippen LogP contribution in [0.2, 0.25) is 0 Å². The van der Waals surface area contributed by atoms with E-state index in [2.05, 4.69) is 92.1 Å². The molecule has 0 aliphatic carbocycles. The number of nitrogens with one attached hydrogen (secondary N) is 1. The molecule has 1 amide bonds. The lowest BCUT2D eigenvalue weighted by Gasteiger charge is -2.46. The molecule has 14 heteroatoms. The van der Waals surface area contributed by atoms with Crippen molar-refractivity contribution in [2.75, 3.05) is 19.8 Å². The molecule has 9 N–H and O–H groups in total. The highest BCUT2D eigenvalue weighted by molar-refractivity contribution is 5.76. The fourth-order valence-corrected chi connectivity index (χ4v) is 14.4. The van der Waals surface area contributed by atoms with Crippen molar-refractivity contribution in [1.82, 2.24) is 5.32 Å². The first-order valence-corrected chi connectivity index (χ1v) is 44.3. The Hall–Kier alpha value is -2.83. The number of unbranched alkanes of at least 4 members (excludes halogenated alkanes) is 50. The minimum atomic E-state index is -1.79. The Balaban J connectivity index is 1.57. The fourth-order valence-electron chi connectivity index (χ4n) is 14.4. The van der Waals surface area contributed by atoms with Crippen LogP contribution in [0.25, 0.3) is 0 Å². The van der Waals surface area contributed by atoms with Gasteiger partial charge in [0, 0.05) is 6.42 Å². The van der Waals surface area contributed by atoms with E-state index in [1.165, 1.54) is 289 Å². The van der Waals surface area contributed by atoms with E-state index in [-0.39, 0.29) is 18.9 Å². The smallest absolute Gasteiger partial charge is 0.220 e. The van der Waals surface area contributed by atoms with Gasteiger partial charge in [-0.3, -0.25) is 4.79 Å². The number of ether oxygens (including phenoxy) is 4. The number of aliphatic hydroxyl groups is 8. The van der Waals surface area contributed by atoms with Crippen LogP contribution in [0.15, 0.2) is 85.1 Å². The first kappa shape index (κ1) is 98.2. The van der Waals surface area contributed by atoms with Gasteiger partial charge in [-0.05, 0) is 70.6 Å². The SMILES string of the molecule is CC/C=C\C/C=C\C/C=C\C/C=C\C/C=C\C/C=C\CCCCCCCCCCCCCCCCCCCCCCC(=O)NC(COC1OC(CO)C(OC2OC(CO)C(O)C(O)C2O)C(O)C1O)C(O)/C=C/CCCCCCCCCCCCCCCCCCCCCCCCCCCCCCCC. The molecule has 2 heterocycles. The second-order valence-electron chi connectivity index (χ2n) is 31.0. The maximum Gasteiger partial charge on any atom is 0.220 e. The van der Waals surface area contributed by atoms with Gasteiger partial charge in [0.15, 0.2) is 12.6 Å². The number of aliphatic hydroxyl groups excluding tert-OH is 8. The molecule has 0 spiro atoms. The van der Waals surface area contributed by atoms with E-state index in [0.717, 1.165) is 77.0 Å². The minimum Gasteiger partial charge on any atom is -0.394 e. The van der Waals surface area contributed by atoms with Crippen LogP contribution < -0.4 is 5.32 Å². The Morgan fingerprint density at radius 2 is 0.657 bits per heavy atom. The predicted octanol–water partition coefficient (Wildman–Crippen LogP) is 21.4. The van der Waals surface area contributed by atoms with Crippen molar-refractivity contribution in [2.45, 2.75) is 466 Å². The Morgan fingerprint density at radius 1 is 0.352 bits per heavy atom. The van der Waals surface area contributed by atoms with E-state index in [1.807, 2.05) is 6.08 Å². The molecule has 2 fully saturated rings. The van der Waals surface area contributed by atoms with Gasteiger partial charge in [0.25, 0.3) is 0 Å². The third kappa shape index (κ3) is 56.1. The summed E-state index contributed by atoms with van der Waals surface area (Å²) >= 11 is 0. The van der Waals surface area contributed by atoms with Crippen LogP contribution >= 0.6 is 0 Å². The van der Waals surface area contributed by atoms with Gasteiger partial charge in [-0.15, -0.1) is 0 Å². The number of allylic oxidation sites excluding steroid dienone is 13. The van der Waals surface area contributed by atoms with Crippen molar-refractivity contribution in [1.29, 1.82) is 0 Å². The highest BCUT2D eigenvalue weighted by Crippen LogP contribution is 2.31. The third-order valence-corrected chi connectivity index (χ3v) is 21.3. The molecule has 2 saturated heterocycles. The molecular formula is C91H165NO13. The first-order valence-electron chi connectivity index (χ1n) is 44.3. The highest BCUT2D eigenvalue weighted by atomic mass is 16.7. The predicted molar refractivity (Wildman–Crippen MR) is 438 cm³/mol. The summed E-state index contributed by atoms with van der Waals surface area (Å²) < 4.78 is 23.0. The molecule has 0 saturated carbocycles. The van der Waals surface area contributed by atoms with Crippen molar-refractivity contribution in [3.05, 3.63) is 85.1 Å². The quantitative estimate of drug-likeness (QED) is 0.0204. The Labute approximate surface area is 643 Å². The Bertz CT molecular complexity index is 2090. The number of rotatable bonds is 75. The van der Waals surface area contributed by atoms with Gasteiger partial charge in [-0.2, -0.15) is 0 Å². The molecule has 14 nitrogen and oxygen atoms in total. The third-order valence-electron chi connectivity index (χ3n) is 21.3. The number of hydrogen-bond donors (Lipinski definition) is 9. The summed E-state index contributed by atoms with van der Waals surface area (Å²) in [5.41, 5.74) is 0. The summed E-state index contributed by atoms with van der Waals surface area (Å²) in [7, 11) is 0. The standard InChI is InChI=1S/C91H165NO13/c1-3-5-7-9-11-13-15-17-19-21-23-25-27-29-31-33-35-37-38-39-40-41-42-43-45-47-49-51-53-55-57-59-61-63-65-67-69-71-73-75-83(96)92-79(78-102-90-88(101)86(99)89(82(77-94)104-90)105-91-87(100)85(98)84(97)81(76-93)103-91)80(95)74-72-70-68-66-64-62-60-58-56-54-52-50-48-46-44-36-34-32-30-28-26-24-22-20-18-16-14-12-10-8-6-4-2/h5,7,11,13,17,19,23,25,29,31,35,37,72,74,79-82,84-91,93-95,97-101H,3-4,6,8-10,12,14-16,18,20-22,24,26-28,30,32-34,36,38-71,73,75-78H2,1-2H3,(H,92,96)/b7-5-,13-11-,19-17-,25-23-,31-29-,37-35-,74-72+. The molecule has 2 rings (SSSR count). The lowest BCUT2D eigenvalue weighted by Crippen LogP contribution is -2.65. The second kappa shape index (κ2) is 73.9. The summed E-state index contributed by atoms with van der Waals surface area (Å²) in [5.74, 6) is -0.233. The van der Waals surface area contributed by atoms with Crippen LogP contribution in [0.4, 0.5) is 0 Å². The van der Waals surface area contributed by atoms with Crippen molar-refractivity contribution >= 4 is 5.91 Å². The van der Waals surface area contributed by atoms with E-state index >= 15 is 0 Å². The second-order valence-corrected chi connectivity index (χ2v) is 31.0. The summed E-state index contributed by atoms with van der Waals surface area (Å²) in [5, 5.41) is 87.9. The van der Waals surface area contributed by atoms with Gasteiger partial charge in [0.05, 0.1) is 32.0 Å². The monoisotopic (exact) mass is 1480 g/mol. The van der Waals surface area contributed by atoms with Gasteiger partial charge in [-0.25, -0.2) is 0 Å². The maximum absolute atomic E-state index is 13.4.